The molecule has 1 heteroatoms. The molecule has 0 aliphatic heterocycles. The summed E-state index contributed by atoms with van der Waals surface area (Å²) in [6.07, 6.45) is 22.6. The van der Waals surface area contributed by atoms with Crippen molar-refractivity contribution in [3.63, 3.8) is 0 Å². The molecule has 0 aromatic heterocycles. The van der Waals surface area contributed by atoms with Gasteiger partial charge in [-0.2, -0.15) is 0 Å². The van der Waals surface area contributed by atoms with Crippen LogP contribution >= 0.6 is 0 Å². The molecular weight excluding hydrogens is 460 g/mol. The van der Waals surface area contributed by atoms with Crippen molar-refractivity contribution in [2.75, 3.05) is 0 Å². The van der Waals surface area contributed by atoms with Gasteiger partial charge in [0.15, 0.2) is 0 Å². The minimum Gasteiger partial charge on any atom is -0.374 e. The van der Waals surface area contributed by atoms with Crippen molar-refractivity contribution in [1.29, 1.82) is 0 Å². The van der Waals surface area contributed by atoms with Crippen LogP contribution in [0, 0.1) is 59.2 Å². The highest BCUT2D eigenvalue weighted by Crippen LogP contribution is 2.67. The summed E-state index contributed by atoms with van der Waals surface area (Å²) in [6, 6.07) is 7.00. The lowest BCUT2D eigenvalue weighted by molar-refractivity contribution is -0.105. The van der Waals surface area contributed by atoms with Gasteiger partial charge < -0.3 is 4.74 Å². The lowest BCUT2D eigenvalue weighted by Crippen LogP contribution is -2.52. The van der Waals surface area contributed by atoms with Crippen LogP contribution in [-0.4, -0.2) is 12.2 Å². The number of ether oxygens (including phenoxy) is 1. The van der Waals surface area contributed by atoms with Gasteiger partial charge in [-0.05, 0) is 128 Å². The van der Waals surface area contributed by atoms with Crippen LogP contribution in [0.25, 0.3) is 0 Å². The standard InChI is InChI=1S/C37H56O/c1-24(2)8-7-9-26(4)33-14-15-34-32-13-12-29-23-30(16-18-36(29,5)35(32)17-19-37(33,34)6)38-31-21-27-11-10-25(3)20-28(27)22-31/h10-13,20,24,26,29-35H,7-9,14-19,21-23H2,1-6H3/t26?,29?,30-,31?,32?,33+,34-,35-,36-,37+/m1/s1. The van der Waals surface area contributed by atoms with Crippen molar-refractivity contribution < 1.29 is 4.74 Å². The zero-order valence-corrected chi connectivity index (χ0v) is 25.5. The number of allylic oxidation sites excluding steroid dienone is 2. The number of aryl methyl sites for hydroxylation is 1. The van der Waals surface area contributed by atoms with Crippen LogP contribution in [0.4, 0.5) is 0 Å². The molecule has 0 radical (unpaired) electrons. The molecule has 38 heavy (non-hydrogen) atoms. The van der Waals surface area contributed by atoms with Crippen molar-refractivity contribution in [3.05, 3.63) is 47.0 Å². The second-order valence-electron chi connectivity index (χ2n) is 15.7. The van der Waals surface area contributed by atoms with E-state index in [4.69, 9.17) is 4.74 Å². The number of hydrogen-bond donors (Lipinski definition) is 0. The smallest absolute Gasteiger partial charge is 0.0659 e. The molecule has 0 bridgehead atoms. The van der Waals surface area contributed by atoms with Gasteiger partial charge in [0.2, 0.25) is 0 Å². The monoisotopic (exact) mass is 516 g/mol. The summed E-state index contributed by atoms with van der Waals surface area (Å²) in [5.41, 5.74) is 5.50. The van der Waals surface area contributed by atoms with E-state index < -0.39 is 0 Å². The van der Waals surface area contributed by atoms with Gasteiger partial charge in [-0.25, -0.2) is 0 Å². The van der Waals surface area contributed by atoms with E-state index in [-0.39, 0.29) is 0 Å². The van der Waals surface area contributed by atoms with Gasteiger partial charge in [0, 0.05) is 0 Å². The van der Waals surface area contributed by atoms with Gasteiger partial charge in [0.25, 0.3) is 0 Å². The molecular formula is C37H56O. The summed E-state index contributed by atoms with van der Waals surface area (Å²) in [5.74, 6) is 6.05. The molecule has 0 amide bonds. The van der Waals surface area contributed by atoms with Gasteiger partial charge >= 0.3 is 0 Å². The fraction of sp³-hybridized carbons (Fsp3) is 0.784. The van der Waals surface area contributed by atoms with Gasteiger partial charge in [0.05, 0.1) is 12.2 Å². The summed E-state index contributed by atoms with van der Waals surface area (Å²) < 4.78 is 6.84. The van der Waals surface area contributed by atoms with E-state index >= 15 is 0 Å². The fourth-order valence-electron chi connectivity index (χ4n) is 10.8. The van der Waals surface area contributed by atoms with E-state index in [1.165, 1.54) is 80.9 Å². The molecule has 0 spiro atoms. The van der Waals surface area contributed by atoms with Gasteiger partial charge in [0.1, 0.15) is 0 Å². The molecule has 5 aliphatic rings. The maximum absolute atomic E-state index is 6.84. The highest BCUT2D eigenvalue weighted by atomic mass is 16.5. The lowest BCUT2D eigenvalue weighted by Gasteiger charge is -2.59. The van der Waals surface area contributed by atoms with E-state index in [2.05, 4.69) is 71.9 Å². The Hall–Kier alpha value is -1.08. The first-order valence-corrected chi connectivity index (χ1v) is 16.6. The molecule has 10 atom stereocenters. The molecule has 0 heterocycles. The number of benzene rings is 1. The first-order chi connectivity index (χ1) is 18.2. The average Bonchev–Trinajstić information content (AvgIpc) is 3.43. The lowest BCUT2D eigenvalue weighted by atomic mass is 9.46. The quantitative estimate of drug-likeness (QED) is 0.328. The zero-order valence-electron chi connectivity index (χ0n) is 25.5. The molecule has 3 saturated carbocycles. The Labute approximate surface area is 234 Å². The molecule has 1 nitrogen and oxygen atoms in total. The molecule has 6 rings (SSSR count). The van der Waals surface area contributed by atoms with Crippen LogP contribution in [0.3, 0.4) is 0 Å². The van der Waals surface area contributed by atoms with Gasteiger partial charge in [-0.15, -0.1) is 0 Å². The van der Waals surface area contributed by atoms with E-state index in [0.29, 0.717) is 29.0 Å². The van der Waals surface area contributed by atoms with Crippen LogP contribution in [-0.2, 0) is 17.6 Å². The minimum absolute atomic E-state index is 0.398. The summed E-state index contributed by atoms with van der Waals surface area (Å²) in [6.45, 7) is 15.0. The van der Waals surface area contributed by atoms with E-state index in [1.54, 1.807) is 0 Å². The maximum Gasteiger partial charge on any atom is 0.0659 e. The minimum atomic E-state index is 0.398. The van der Waals surface area contributed by atoms with Crippen LogP contribution in [0.5, 0.6) is 0 Å². The summed E-state index contributed by atoms with van der Waals surface area (Å²) in [5, 5.41) is 0. The Kier molecular flexibility index (Phi) is 7.41. The molecule has 3 fully saturated rings. The van der Waals surface area contributed by atoms with Crippen molar-refractivity contribution in [2.45, 2.75) is 131 Å². The second kappa shape index (κ2) is 10.4. The average molecular weight is 517 g/mol. The van der Waals surface area contributed by atoms with Crippen molar-refractivity contribution >= 4 is 0 Å². The van der Waals surface area contributed by atoms with Crippen molar-refractivity contribution in [2.24, 2.45) is 52.3 Å². The molecule has 210 valence electrons. The summed E-state index contributed by atoms with van der Waals surface area (Å²) >= 11 is 0. The Balaban J connectivity index is 1.10. The van der Waals surface area contributed by atoms with E-state index in [1.807, 2.05) is 0 Å². The molecule has 5 aliphatic carbocycles. The highest BCUT2D eigenvalue weighted by molar-refractivity contribution is 5.36. The second-order valence-corrected chi connectivity index (χ2v) is 15.7. The van der Waals surface area contributed by atoms with E-state index in [9.17, 15) is 0 Å². The maximum atomic E-state index is 6.84. The largest absolute Gasteiger partial charge is 0.374 e. The summed E-state index contributed by atoms with van der Waals surface area (Å²) in [7, 11) is 0. The zero-order chi connectivity index (χ0) is 26.7. The number of fused-ring (bicyclic) bond motifs is 6. The predicted octanol–water partition coefficient (Wildman–Crippen LogP) is 9.74. The highest BCUT2D eigenvalue weighted by Gasteiger charge is 2.59. The van der Waals surface area contributed by atoms with Gasteiger partial charge in [-0.3, -0.25) is 0 Å². The van der Waals surface area contributed by atoms with Crippen molar-refractivity contribution in [1.82, 2.24) is 0 Å². The topological polar surface area (TPSA) is 9.23 Å². The molecule has 0 saturated heterocycles. The van der Waals surface area contributed by atoms with Crippen LogP contribution in [0.2, 0.25) is 0 Å². The van der Waals surface area contributed by atoms with Crippen molar-refractivity contribution in [3.8, 4) is 0 Å². The Morgan fingerprint density at radius 2 is 1.61 bits per heavy atom. The first-order valence-electron chi connectivity index (χ1n) is 16.6. The third-order valence-corrected chi connectivity index (χ3v) is 13.0. The third-order valence-electron chi connectivity index (χ3n) is 13.0. The molecule has 0 N–H and O–H groups in total. The summed E-state index contributed by atoms with van der Waals surface area (Å²) in [4.78, 5) is 0. The number of hydrogen-bond acceptors (Lipinski definition) is 1. The molecule has 4 unspecified atom stereocenters. The van der Waals surface area contributed by atoms with Crippen LogP contribution in [0.1, 0.15) is 116 Å². The Bertz CT molecular complexity index is 1020. The number of rotatable bonds is 7. The Morgan fingerprint density at radius 1 is 0.842 bits per heavy atom. The van der Waals surface area contributed by atoms with E-state index in [0.717, 1.165) is 48.3 Å². The Morgan fingerprint density at radius 3 is 2.42 bits per heavy atom. The molecule has 1 aromatic carbocycles. The third kappa shape index (κ3) is 4.76. The normalized spacial score (nSPS) is 42.4. The van der Waals surface area contributed by atoms with Crippen LogP contribution < -0.4 is 0 Å². The van der Waals surface area contributed by atoms with Gasteiger partial charge in [-0.1, -0.05) is 89.8 Å². The molecule has 1 aromatic rings. The van der Waals surface area contributed by atoms with Crippen LogP contribution in [0.15, 0.2) is 30.4 Å². The fourth-order valence-corrected chi connectivity index (χ4v) is 10.8. The first kappa shape index (κ1) is 27.1. The SMILES string of the molecule is Cc1ccc2c(c1)CC(O[C@@H]1CC[C@]3(C)C(C=CC4[C@H]5CC[C@@H](C(C)CCCC(C)C)[C@]5(C)CC[C@H]43)C1)C2. The predicted molar refractivity (Wildman–Crippen MR) is 160 cm³/mol.